The van der Waals surface area contributed by atoms with Gasteiger partial charge in [-0.05, 0) is 30.5 Å². The summed E-state index contributed by atoms with van der Waals surface area (Å²) in [5.41, 5.74) is 1.01. The molecule has 1 aromatic carbocycles. The van der Waals surface area contributed by atoms with Gasteiger partial charge < -0.3 is 4.74 Å². The van der Waals surface area contributed by atoms with Crippen molar-refractivity contribution in [3.05, 3.63) is 29.8 Å². The third kappa shape index (κ3) is 5.11. The Labute approximate surface area is 135 Å². The van der Waals surface area contributed by atoms with Gasteiger partial charge in [-0.25, -0.2) is 8.93 Å². The lowest BCUT2D eigenvalue weighted by atomic mass is 9.86. The summed E-state index contributed by atoms with van der Waals surface area (Å²) in [6.07, 6.45) is 5.02. The van der Waals surface area contributed by atoms with Crippen LogP contribution in [0.2, 0.25) is 0 Å². The third-order valence-electron chi connectivity index (χ3n) is 4.12. The Morgan fingerprint density at radius 3 is 2.73 bits per heavy atom. The van der Waals surface area contributed by atoms with Crippen LogP contribution in [0, 0.1) is 17.2 Å². The lowest BCUT2D eigenvalue weighted by Gasteiger charge is -2.31. The van der Waals surface area contributed by atoms with Gasteiger partial charge in [0.1, 0.15) is 5.75 Å². The summed E-state index contributed by atoms with van der Waals surface area (Å²) in [5, 5.41) is 8.67. The number of nitriles is 1. The van der Waals surface area contributed by atoms with E-state index in [2.05, 4.69) is 10.8 Å². The highest BCUT2D eigenvalue weighted by molar-refractivity contribution is 7.82. The molecular weight excluding hydrogens is 296 g/mol. The summed E-state index contributed by atoms with van der Waals surface area (Å²) in [6, 6.07) is 10.1. The molecule has 2 rings (SSSR count). The van der Waals surface area contributed by atoms with Crippen molar-refractivity contribution in [3.63, 3.8) is 0 Å². The molecule has 1 saturated carbocycles. The molecule has 0 spiro atoms. The quantitative estimate of drug-likeness (QED) is 0.840. The summed E-state index contributed by atoms with van der Waals surface area (Å²) >= 11 is 0. The number of ether oxygens (including phenoxy) is 1. The Morgan fingerprint density at radius 1 is 1.32 bits per heavy atom. The van der Waals surface area contributed by atoms with Crippen molar-refractivity contribution in [1.82, 2.24) is 4.72 Å². The molecule has 0 amide bonds. The molecule has 0 aliphatic heterocycles. The zero-order chi connectivity index (χ0) is 15.8. The Hall–Kier alpha value is -1.38. The average molecular weight is 320 g/mol. The first kappa shape index (κ1) is 17.0. The van der Waals surface area contributed by atoms with E-state index in [9.17, 15) is 4.21 Å². The van der Waals surface area contributed by atoms with E-state index in [1.54, 1.807) is 0 Å². The number of nitrogens with zero attached hydrogens (tertiary/aromatic N) is 1. The molecule has 1 fully saturated rings. The topological polar surface area (TPSA) is 62.1 Å². The molecule has 5 heteroatoms. The highest BCUT2D eigenvalue weighted by Crippen LogP contribution is 2.26. The molecular formula is C17H24N2O2S. The van der Waals surface area contributed by atoms with Crippen LogP contribution in [0.4, 0.5) is 0 Å². The smallest absolute Gasteiger partial charge is 0.119 e. The molecule has 3 atom stereocenters. The molecule has 1 aliphatic carbocycles. The normalized spacial score (nSPS) is 22.7. The first-order valence-corrected chi connectivity index (χ1v) is 9.28. The zero-order valence-corrected chi connectivity index (χ0v) is 13.9. The Morgan fingerprint density at radius 2 is 2.05 bits per heavy atom. The van der Waals surface area contributed by atoms with Crippen molar-refractivity contribution in [1.29, 1.82) is 5.26 Å². The zero-order valence-electron chi connectivity index (χ0n) is 13.1. The molecule has 1 aliphatic rings. The Bertz CT molecular complexity index is 524. The number of hydrogen-bond donors (Lipinski definition) is 1. The Kier molecular flexibility index (Phi) is 6.88. The summed E-state index contributed by atoms with van der Waals surface area (Å²) < 4.78 is 20.9. The highest BCUT2D eigenvalue weighted by Gasteiger charge is 2.26. The summed E-state index contributed by atoms with van der Waals surface area (Å²) in [6.45, 7) is 2.58. The van der Waals surface area contributed by atoms with Gasteiger partial charge in [0.15, 0.2) is 0 Å². The predicted octanol–water partition coefficient (Wildman–Crippen LogP) is 2.96. The maximum absolute atomic E-state index is 11.7. The van der Waals surface area contributed by atoms with Crippen LogP contribution >= 0.6 is 0 Å². The standard InChI is InChI=1S/C17H24N2O2S/c1-2-22(20)19-17-6-4-3-5-15(17)13-21-16-9-7-14(8-10-16)11-12-18/h7-10,15,17,19H,2-6,11,13H2,1H3/t15-,17?,22?/m1/s1. The van der Waals surface area contributed by atoms with Gasteiger partial charge in [0.2, 0.25) is 0 Å². The van der Waals surface area contributed by atoms with E-state index >= 15 is 0 Å². The minimum Gasteiger partial charge on any atom is -0.493 e. The maximum Gasteiger partial charge on any atom is 0.119 e. The fourth-order valence-electron chi connectivity index (χ4n) is 2.81. The minimum atomic E-state index is -0.935. The maximum atomic E-state index is 11.7. The number of hydrogen-bond acceptors (Lipinski definition) is 3. The first-order valence-electron chi connectivity index (χ1n) is 7.96. The molecule has 0 heterocycles. The minimum absolute atomic E-state index is 0.285. The number of nitrogens with one attached hydrogen (secondary N) is 1. The highest BCUT2D eigenvalue weighted by atomic mass is 32.2. The third-order valence-corrected chi connectivity index (χ3v) is 5.21. The molecule has 1 aromatic rings. The van der Waals surface area contributed by atoms with Crippen molar-refractivity contribution in [3.8, 4) is 11.8 Å². The van der Waals surface area contributed by atoms with Gasteiger partial charge >= 0.3 is 0 Å². The first-order chi connectivity index (χ1) is 10.7. The molecule has 2 unspecified atom stereocenters. The van der Waals surface area contributed by atoms with Crippen LogP contribution in [0.15, 0.2) is 24.3 Å². The van der Waals surface area contributed by atoms with Gasteiger partial charge in [0.05, 0.1) is 30.1 Å². The van der Waals surface area contributed by atoms with E-state index in [4.69, 9.17) is 10.00 Å². The average Bonchev–Trinajstić information content (AvgIpc) is 2.55. The van der Waals surface area contributed by atoms with Crippen molar-refractivity contribution in [2.75, 3.05) is 12.4 Å². The molecule has 4 nitrogen and oxygen atoms in total. The summed E-state index contributed by atoms with van der Waals surface area (Å²) in [5.74, 6) is 1.88. The Balaban J connectivity index is 1.87. The van der Waals surface area contributed by atoms with Gasteiger partial charge in [-0.3, -0.25) is 0 Å². The number of benzene rings is 1. The molecule has 0 aromatic heterocycles. The van der Waals surface area contributed by atoms with E-state index in [1.165, 1.54) is 12.8 Å². The van der Waals surface area contributed by atoms with Crippen LogP contribution in [-0.2, 0) is 17.4 Å². The van der Waals surface area contributed by atoms with E-state index in [-0.39, 0.29) is 6.04 Å². The van der Waals surface area contributed by atoms with Crippen molar-refractivity contribution in [2.45, 2.75) is 45.1 Å². The lowest BCUT2D eigenvalue weighted by Crippen LogP contribution is -2.42. The predicted molar refractivity (Wildman–Crippen MR) is 88.8 cm³/mol. The SMILES string of the molecule is CCS(=O)NC1CCCC[C@@H]1COc1ccc(CC#N)cc1. The van der Waals surface area contributed by atoms with Crippen LogP contribution in [0.3, 0.4) is 0 Å². The van der Waals surface area contributed by atoms with E-state index in [0.717, 1.165) is 24.2 Å². The molecule has 1 N–H and O–H groups in total. The van der Waals surface area contributed by atoms with Gasteiger partial charge in [-0.2, -0.15) is 5.26 Å². The molecule has 0 bridgehead atoms. The van der Waals surface area contributed by atoms with Crippen molar-refractivity contribution < 1.29 is 8.95 Å². The van der Waals surface area contributed by atoms with Gasteiger partial charge in [-0.1, -0.05) is 31.9 Å². The summed E-state index contributed by atoms with van der Waals surface area (Å²) in [7, 11) is -0.935. The molecule has 0 radical (unpaired) electrons. The number of rotatable bonds is 7. The lowest BCUT2D eigenvalue weighted by molar-refractivity contribution is 0.181. The van der Waals surface area contributed by atoms with Crippen LogP contribution in [0.25, 0.3) is 0 Å². The fraction of sp³-hybridized carbons (Fsp3) is 0.588. The summed E-state index contributed by atoms with van der Waals surface area (Å²) in [4.78, 5) is 0. The van der Waals surface area contributed by atoms with Crippen LogP contribution in [0.5, 0.6) is 5.75 Å². The monoisotopic (exact) mass is 320 g/mol. The van der Waals surface area contributed by atoms with E-state index < -0.39 is 11.0 Å². The van der Waals surface area contributed by atoms with E-state index in [1.807, 2.05) is 31.2 Å². The fourth-order valence-corrected chi connectivity index (χ4v) is 3.63. The van der Waals surface area contributed by atoms with Crippen LogP contribution in [0.1, 0.15) is 38.2 Å². The van der Waals surface area contributed by atoms with Gasteiger partial charge in [0, 0.05) is 17.7 Å². The second-order valence-corrected chi connectivity index (χ2v) is 7.20. The van der Waals surface area contributed by atoms with Crippen LogP contribution in [-0.4, -0.2) is 22.6 Å². The van der Waals surface area contributed by atoms with E-state index in [0.29, 0.717) is 24.7 Å². The van der Waals surface area contributed by atoms with Crippen LogP contribution < -0.4 is 9.46 Å². The molecule has 22 heavy (non-hydrogen) atoms. The van der Waals surface area contributed by atoms with Gasteiger partial charge in [0.25, 0.3) is 0 Å². The van der Waals surface area contributed by atoms with Gasteiger partial charge in [-0.15, -0.1) is 0 Å². The second-order valence-electron chi connectivity index (χ2n) is 5.69. The molecule has 120 valence electrons. The van der Waals surface area contributed by atoms with Crippen molar-refractivity contribution in [2.24, 2.45) is 5.92 Å². The van der Waals surface area contributed by atoms with Crippen molar-refractivity contribution >= 4 is 11.0 Å². The second kappa shape index (κ2) is 8.92. The largest absolute Gasteiger partial charge is 0.493 e. The molecule has 0 saturated heterocycles.